The van der Waals surface area contributed by atoms with Crippen LogP contribution in [0.15, 0.2) is 35.4 Å². The molecule has 22 heavy (non-hydrogen) atoms. The Kier molecular flexibility index (Phi) is 5.16. The highest BCUT2D eigenvalue weighted by molar-refractivity contribution is 5.67. The average molecular weight is 310 g/mol. The zero-order valence-electron chi connectivity index (χ0n) is 11.9. The van der Waals surface area contributed by atoms with E-state index >= 15 is 0 Å². The fourth-order valence-corrected chi connectivity index (χ4v) is 2.25. The largest absolute Gasteiger partial charge is 0.445 e. The number of nitrogens with zero attached hydrogens (tertiary/aromatic N) is 4. The molecule has 118 valence electrons. The van der Waals surface area contributed by atoms with Crippen molar-refractivity contribution in [2.75, 3.05) is 13.1 Å². The maximum atomic E-state index is 13.8. The molecule has 0 saturated carbocycles. The van der Waals surface area contributed by atoms with E-state index in [0.29, 0.717) is 0 Å². The second kappa shape index (κ2) is 7.09. The molecular formula is C14H16F2N4O2. The van der Waals surface area contributed by atoms with Crippen LogP contribution in [-0.4, -0.2) is 36.0 Å². The van der Waals surface area contributed by atoms with Crippen molar-refractivity contribution in [2.24, 2.45) is 5.11 Å². The topological polar surface area (TPSA) is 78.3 Å². The highest BCUT2D eigenvalue weighted by Gasteiger charge is 2.42. The highest BCUT2D eigenvalue weighted by Crippen LogP contribution is 2.31. The van der Waals surface area contributed by atoms with E-state index in [-0.39, 0.29) is 26.1 Å². The summed E-state index contributed by atoms with van der Waals surface area (Å²) in [5.74, 6) is -3.11. The van der Waals surface area contributed by atoms with Gasteiger partial charge in [0.2, 0.25) is 0 Å². The van der Waals surface area contributed by atoms with Crippen LogP contribution in [-0.2, 0) is 11.3 Å². The summed E-state index contributed by atoms with van der Waals surface area (Å²) in [6.07, 6.45) is -1.27. The van der Waals surface area contributed by atoms with E-state index in [1.54, 1.807) is 0 Å². The van der Waals surface area contributed by atoms with Gasteiger partial charge in [-0.25, -0.2) is 13.6 Å². The Labute approximate surface area is 126 Å². The smallest absolute Gasteiger partial charge is 0.410 e. The number of halogens is 2. The van der Waals surface area contributed by atoms with Gasteiger partial charge < -0.3 is 9.64 Å². The molecule has 1 aliphatic rings. The van der Waals surface area contributed by atoms with Crippen molar-refractivity contribution in [1.82, 2.24) is 4.90 Å². The molecule has 1 amide bonds. The lowest BCUT2D eigenvalue weighted by Gasteiger charge is -2.20. The Hall–Kier alpha value is -2.34. The number of carbonyl (C=O) groups excluding carboxylic acids is 1. The number of hydrogen-bond donors (Lipinski definition) is 0. The molecule has 1 unspecified atom stereocenters. The van der Waals surface area contributed by atoms with Crippen LogP contribution in [0.5, 0.6) is 0 Å². The first-order chi connectivity index (χ1) is 10.5. The maximum Gasteiger partial charge on any atom is 0.410 e. The first kappa shape index (κ1) is 16.0. The molecule has 1 atom stereocenters. The molecule has 0 bridgehead atoms. The molecule has 0 aromatic heterocycles. The molecule has 0 spiro atoms. The number of ether oxygens (including phenoxy) is 1. The number of alkyl halides is 2. The lowest BCUT2D eigenvalue weighted by atomic mass is 10.1. The van der Waals surface area contributed by atoms with Gasteiger partial charge in [0.15, 0.2) is 0 Å². The van der Waals surface area contributed by atoms with Crippen LogP contribution >= 0.6 is 0 Å². The molecule has 1 aromatic carbocycles. The predicted octanol–water partition coefficient (Wildman–Crippen LogP) is 3.73. The quantitative estimate of drug-likeness (QED) is 0.484. The monoisotopic (exact) mass is 310 g/mol. The van der Waals surface area contributed by atoms with E-state index in [0.717, 1.165) is 5.56 Å². The second-order valence-corrected chi connectivity index (χ2v) is 5.05. The number of hydrogen-bond acceptors (Lipinski definition) is 3. The van der Waals surface area contributed by atoms with Crippen molar-refractivity contribution in [2.45, 2.75) is 31.4 Å². The fourth-order valence-electron chi connectivity index (χ4n) is 2.25. The molecule has 6 nitrogen and oxygen atoms in total. The van der Waals surface area contributed by atoms with Gasteiger partial charge in [0.1, 0.15) is 12.6 Å². The first-order valence-electron chi connectivity index (χ1n) is 6.90. The lowest BCUT2D eigenvalue weighted by Crippen LogP contribution is -2.33. The third kappa shape index (κ3) is 4.08. The molecule has 1 aliphatic heterocycles. The van der Waals surface area contributed by atoms with E-state index in [9.17, 15) is 13.6 Å². The normalized spacial score (nSPS) is 20.6. The van der Waals surface area contributed by atoms with Gasteiger partial charge in [0.25, 0.3) is 5.92 Å². The molecule has 1 heterocycles. The summed E-state index contributed by atoms with van der Waals surface area (Å²) in [6, 6.07) is 7.67. The fraction of sp³-hybridized carbons (Fsp3) is 0.500. The summed E-state index contributed by atoms with van der Waals surface area (Å²) in [4.78, 5) is 15.6. The van der Waals surface area contributed by atoms with E-state index in [1.807, 2.05) is 30.3 Å². The van der Waals surface area contributed by atoms with Gasteiger partial charge in [0.05, 0.1) is 0 Å². The summed E-state index contributed by atoms with van der Waals surface area (Å²) >= 11 is 0. The van der Waals surface area contributed by atoms with Crippen molar-refractivity contribution in [3.8, 4) is 0 Å². The summed E-state index contributed by atoms with van der Waals surface area (Å²) in [5.41, 5.74) is 9.17. The van der Waals surface area contributed by atoms with Crippen molar-refractivity contribution >= 4 is 6.09 Å². The van der Waals surface area contributed by atoms with Crippen LogP contribution in [0.1, 0.15) is 18.4 Å². The Morgan fingerprint density at radius 3 is 2.82 bits per heavy atom. The van der Waals surface area contributed by atoms with Crippen molar-refractivity contribution in [1.29, 1.82) is 0 Å². The molecule has 8 heteroatoms. The number of benzene rings is 1. The molecular weight excluding hydrogens is 294 g/mol. The molecule has 1 fully saturated rings. The zero-order chi connectivity index (χ0) is 16.0. The Bertz CT molecular complexity index is 561. The molecule has 2 rings (SSSR count). The van der Waals surface area contributed by atoms with Gasteiger partial charge in [-0.05, 0) is 17.5 Å². The standard InChI is InChI=1S/C14H16F2N4O2/c15-14(16)7-9-20(8-6-12(14)18-19-17)13(21)22-10-11-4-2-1-3-5-11/h1-5,12H,6-10H2. The zero-order valence-corrected chi connectivity index (χ0v) is 11.9. The summed E-state index contributed by atoms with van der Waals surface area (Å²) in [7, 11) is 0. The van der Waals surface area contributed by atoms with E-state index < -0.39 is 24.5 Å². The first-order valence-corrected chi connectivity index (χ1v) is 6.90. The van der Waals surface area contributed by atoms with Gasteiger partial charge in [-0.15, -0.1) is 0 Å². The van der Waals surface area contributed by atoms with Crippen LogP contribution < -0.4 is 0 Å². The number of rotatable bonds is 3. The SMILES string of the molecule is [N-]=[N+]=NC1CCN(C(=O)OCc2ccccc2)CCC1(F)F. The summed E-state index contributed by atoms with van der Waals surface area (Å²) in [5, 5.41) is 3.14. The van der Waals surface area contributed by atoms with Crippen LogP contribution in [0.4, 0.5) is 13.6 Å². The molecule has 0 radical (unpaired) electrons. The molecule has 0 aliphatic carbocycles. The second-order valence-electron chi connectivity index (χ2n) is 5.05. The predicted molar refractivity (Wildman–Crippen MR) is 75.3 cm³/mol. The minimum atomic E-state index is -3.11. The molecule has 0 N–H and O–H groups in total. The summed E-state index contributed by atoms with van der Waals surface area (Å²) < 4.78 is 32.6. The summed E-state index contributed by atoms with van der Waals surface area (Å²) in [6.45, 7) is 0.0390. The van der Waals surface area contributed by atoms with Gasteiger partial charge in [-0.3, -0.25) is 0 Å². The Morgan fingerprint density at radius 1 is 1.41 bits per heavy atom. The number of likely N-dealkylation sites (tertiary alicyclic amines) is 1. The number of azide groups is 1. The van der Waals surface area contributed by atoms with Crippen LogP contribution in [0, 0.1) is 0 Å². The van der Waals surface area contributed by atoms with Gasteiger partial charge in [0, 0.05) is 24.4 Å². The van der Waals surface area contributed by atoms with E-state index in [4.69, 9.17) is 10.3 Å². The van der Waals surface area contributed by atoms with Gasteiger partial charge >= 0.3 is 6.09 Å². The highest BCUT2D eigenvalue weighted by atomic mass is 19.3. The average Bonchev–Trinajstić information content (AvgIpc) is 2.66. The molecule has 1 aromatic rings. The minimum Gasteiger partial charge on any atom is -0.445 e. The van der Waals surface area contributed by atoms with Crippen molar-refractivity contribution < 1.29 is 18.3 Å². The Balaban J connectivity index is 1.92. The third-order valence-corrected chi connectivity index (χ3v) is 3.53. The van der Waals surface area contributed by atoms with Crippen LogP contribution in [0.2, 0.25) is 0 Å². The minimum absolute atomic E-state index is 0.0763. The molecule has 1 saturated heterocycles. The third-order valence-electron chi connectivity index (χ3n) is 3.53. The lowest BCUT2D eigenvalue weighted by molar-refractivity contribution is -0.0291. The maximum absolute atomic E-state index is 13.8. The Morgan fingerprint density at radius 2 is 2.14 bits per heavy atom. The van der Waals surface area contributed by atoms with Crippen LogP contribution in [0.25, 0.3) is 10.4 Å². The number of amides is 1. The van der Waals surface area contributed by atoms with Gasteiger partial charge in [-0.1, -0.05) is 35.4 Å². The van der Waals surface area contributed by atoms with Crippen LogP contribution in [0.3, 0.4) is 0 Å². The van der Waals surface area contributed by atoms with Crippen molar-refractivity contribution in [3.63, 3.8) is 0 Å². The van der Waals surface area contributed by atoms with Gasteiger partial charge in [-0.2, -0.15) is 0 Å². The van der Waals surface area contributed by atoms with Crippen molar-refractivity contribution in [3.05, 3.63) is 46.3 Å². The van der Waals surface area contributed by atoms with E-state index in [2.05, 4.69) is 10.0 Å². The number of carbonyl (C=O) groups is 1. The van der Waals surface area contributed by atoms with E-state index in [1.165, 1.54) is 4.90 Å².